The number of hydrogen-bond donors (Lipinski definition) is 2. The number of allylic oxidation sites excluding steroid dienone is 3. The van der Waals surface area contributed by atoms with Crippen LogP contribution in [-0.2, 0) is 4.74 Å². The zero-order valence-corrected chi connectivity index (χ0v) is 20.7. The number of Topliss-reactive ketones (excluding diaryl/α,β-unsaturated/α-hetero) is 1. The van der Waals surface area contributed by atoms with Gasteiger partial charge in [-0.15, -0.1) is 0 Å². The van der Waals surface area contributed by atoms with E-state index in [4.69, 9.17) is 4.74 Å². The Labute approximate surface area is 204 Å². The van der Waals surface area contributed by atoms with Crippen molar-refractivity contribution >= 4 is 5.78 Å². The summed E-state index contributed by atoms with van der Waals surface area (Å²) < 4.78 is 5.90. The fourth-order valence-corrected chi connectivity index (χ4v) is 6.84. The van der Waals surface area contributed by atoms with Crippen molar-refractivity contribution in [3.63, 3.8) is 0 Å². The zero-order chi connectivity index (χ0) is 24.3. The van der Waals surface area contributed by atoms with Gasteiger partial charge in [0.15, 0.2) is 5.78 Å². The molecule has 0 unspecified atom stereocenters. The maximum atomic E-state index is 12.4. The quantitative estimate of drug-likeness (QED) is 0.511. The minimum absolute atomic E-state index is 0.0405. The normalized spacial score (nSPS) is 34.9. The van der Waals surface area contributed by atoms with Gasteiger partial charge in [0, 0.05) is 12.0 Å². The fraction of sp³-hybridized carbons (Fsp3) is 0.567. The van der Waals surface area contributed by atoms with Gasteiger partial charge < -0.3 is 14.9 Å². The number of rotatable bonds is 7. The van der Waals surface area contributed by atoms with Crippen LogP contribution in [0.3, 0.4) is 0 Å². The smallest absolute Gasteiger partial charge is 0.188 e. The average molecular weight is 465 g/mol. The number of carbonyl (C=O) groups is 1. The molecule has 0 radical (unpaired) electrons. The molecule has 4 nitrogen and oxygen atoms in total. The van der Waals surface area contributed by atoms with Gasteiger partial charge in [-0.2, -0.15) is 0 Å². The van der Waals surface area contributed by atoms with Gasteiger partial charge in [-0.25, -0.2) is 0 Å². The summed E-state index contributed by atoms with van der Waals surface area (Å²) in [4.78, 5) is 12.4. The second kappa shape index (κ2) is 10.7. The van der Waals surface area contributed by atoms with E-state index < -0.39 is 12.2 Å². The van der Waals surface area contributed by atoms with Gasteiger partial charge in [0.1, 0.15) is 6.61 Å². The van der Waals surface area contributed by atoms with E-state index in [1.807, 2.05) is 30.3 Å². The lowest BCUT2D eigenvalue weighted by Gasteiger charge is -2.44. The zero-order valence-electron chi connectivity index (χ0n) is 20.7. The maximum absolute atomic E-state index is 12.4. The molecule has 0 heterocycles. The van der Waals surface area contributed by atoms with E-state index >= 15 is 0 Å². The van der Waals surface area contributed by atoms with Crippen LogP contribution in [0.25, 0.3) is 0 Å². The Bertz CT molecular complexity index is 946. The van der Waals surface area contributed by atoms with Crippen LogP contribution in [0, 0.1) is 23.2 Å². The Morgan fingerprint density at radius 1 is 1.24 bits per heavy atom. The molecule has 3 aliphatic carbocycles. The van der Waals surface area contributed by atoms with Crippen LogP contribution < -0.4 is 0 Å². The summed E-state index contributed by atoms with van der Waals surface area (Å²) in [6.45, 7) is 9.54. The molecule has 3 saturated carbocycles. The largest absolute Gasteiger partial charge is 0.393 e. The first-order chi connectivity index (χ1) is 16.3. The Morgan fingerprint density at radius 3 is 2.76 bits per heavy atom. The Balaban J connectivity index is 1.39. The highest BCUT2D eigenvalue weighted by Crippen LogP contribution is 2.59. The topological polar surface area (TPSA) is 66.8 Å². The van der Waals surface area contributed by atoms with E-state index in [1.165, 1.54) is 31.3 Å². The fourth-order valence-electron chi connectivity index (χ4n) is 6.84. The molecule has 3 aliphatic rings. The minimum Gasteiger partial charge on any atom is -0.393 e. The molecule has 2 N–H and O–H groups in total. The molecule has 0 bridgehead atoms. The Morgan fingerprint density at radius 2 is 2.00 bits per heavy atom. The first-order valence-electron chi connectivity index (χ1n) is 12.9. The number of hydrogen-bond acceptors (Lipinski definition) is 4. The van der Waals surface area contributed by atoms with E-state index in [1.54, 1.807) is 0 Å². The first-order valence-corrected chi connectivity index (χ1v) is 12.9. The molecule has 0 spiro atoms. The summed E-state index contributed by atoms with van der Waals surface area (Å²) in [6.07, 6.45) is 10.1. The highest BCUT2D eigenvalue weighted by atomic mass is 16.5. The molecule has 1 aromatic carbocycles. The summed E-state index contributed by atoms with van der Waals surface area (Å²) >= 11 is 0. The molecule has 34 heavy (non-hydrogen) atoms. The highest BCUT2D eigenvalue weighted by molar-refractivity contribution is 5.96. The molecule has 4 heteroatoms. The number of aliphatic hydroxyl groups excluding tert-OH is 2. The monoisotopic (exact) mass is 464 g/mol. The molecule has 0 saturated heterocycles. The summed E-state index contributed by atoms with van der Waals surface area (Å²) in [5, 5.41) is 20.2. The van der Waals surface area contributed by atoms with Crippen molar-refractivity contribution in [3.8, 4) is 0 Å². The molecule has 3 fully saturated rings. The lowest BCUT2D eigenvalue weighted by molar-refractivity contribution is 0.0333. The lowest BCUT2D eigenvalue weighted by atomic mass is 9.61. The molecule has 184 valence electrons. The van der Waals surface area contributed by atoms with Crippen molar-refractivity contribution in [2.45, 2.75) is 71.0 Å². The van der Waals surface area contributed by atoms with Crippen molar-refractivity contribution in [3.05, 3.63) is 71.3 Å². The molecule has 1 aromatic rings. The van der Waals surface area contributed by atoms with E-state index in [0.29, 0.717) is 42.8 Å². The van der Waals surface area contributed by atoms with E-state index in [0.717, 1.165) is 17.6 Å². The number of benzene rings is 1. The van der Waals surface area contributed by atoms with Crippen LogP contribution in [0.1, 0.15) is 69.2 Å². The number of aliphatic hydroxyl groups is 2. The van der Waals surface area contributed by atoms with Gasteiger partial charge in [-0.3, -0.25) is 4.79 Å². The minimum atomic E-state index is -0.643. The van der Waals surface area contributed by atoms with Gasteiger partial charge in [-0.1, -0.05) is 68.5 Å². The SMILES string of the molecule is C=C1C(=CC=C2CCC[C@]3(C)[C@@H]([C@H](C)COCC(=O)c4ccccc4)CC[C@@H]23)C[C@@H](O)C[C@@H]1O. The van der Waals surface area contributed by atoms with Gasteiger partial charge in [0.05, 0.1) is 18.8 Å². The van der Waals surface area contributed by atoms with Gasteiger partial charge in [0.2, 0.25) is 0 Å². The molecule has 0 aromatic heterocycles. The molecular formula is C30H40O4. The van der Waals surface area contributed by atoms with Crippen molar-refractivity contribution in [1.82, 2.24) is 0 Å². The predicted molar refractivity (Wildman–Crippen MR) is 135 cm³/mol. The van der Waals surface area contributed by atoms with Crippen LogP contribution in [0.4, 0.5) is 0 Å². The van der Waals surface area contributed by atoms with Crippen LogP contribution in [0.5, 0.6) is 0 Å². The first kappa shape index (κ1) is 25.1. The van der Waals surface area contributed by atoms with E-state index in [-0.39, 0.29) is 17.8 Å². The molecular weight excluding hydrogens is 424 g/mol. The third-order valence-corrected chi connectivity index (χ3v) is 8.70. The highest BCUT2D eigenvalue weighted by Gasteiger charge is 2.50. The number of ketones is 1. The average Bonchev–Trinajstić information content (AvgIpc) is 3.18. The molecule has 0 aliphatic heterocycles. The van der Waals surface area contributed by atoms with Crippen LogP contribution in [0.15, 0.2) is 65.8 Å². The Hall–Kier alpha value is -2.01. The summed E-state index contributed by atoms with van der Waals surface area (Å²) in [5.74, 6) is 1.58. The van der Waals surface area contributed by atoms with Crippen LogP contribution in [0.2, 0.25) is 0 Å². The number of fused-ring (bicyclic) bond motifs is 1. The molecule has 6 atom stereocenters. The third kappa shape index (κ3) is 5.30. The lowest BCUT2D eigenvalue weighted by Crippen LogP contribution is -2.37. The van der Waals surface area contributed by atoms with Crippen molar-refractivity contribution < 1.29 is 19.7 Å². The predicted octanol–water partition coefficient (Wildman–Crippen LogP) is 5.66. The second-order valence-electron chi connectivity index (χ2n) is 10.9. The van der Waals surface area contributed by atoms with Crippen LogP contribution in [-0.4, -0.2) is 41.4 Å². The van der Waals surface area contributed by atoms with Gasteiger partial charge in [-0.05, 0) is 72.8 Å². The molecule has 4 rings (SSSR count). The second-order valence-corrected chi connectivity index (χ2v) is 10.9. The summed E-state index contributed by atoms with van der Waals surface area (Å²) in [7, 11) is 0. The molecule has 0 amide bonds. The van der Waals surface area contributed by atoms with E-state index in [2.05, 4.69) is 32.6 Å². The summed E-state index contributed by atoms with van der Waals surface area (Å²) in [5.41, 5.74) is 4.18. The van der Waals surface area contributed by atoms with Crippen molar-refractivity contribution in [2.75, 3.05) is 13.2 Å². The van der Waals surface area contributed by atoms with Gasteiger partial charge in [0.25, 0.3) is 0 Å². The third-order valence-electron chi connectivity index (χ3n) is 8.70. The number of carbonyl (C=O) groups excluding carboxylic acids is 1. The van der Waals surface area contributed by atoms with Crippen molar-refractivity contribution in [1.29, 1.82) is 0 Å². The number of ether oxygens (including phenoxy) is 1. The van der Waals surface area contributed by atoms with E-state index in [9.17, 15) is 15.0 Å². The Kier molecular flexibility index (Phi) is 7.91. The maximum Gasteiger partial charge on any atom is 0.188 e. The van der Waals surface area contributed by atoms with Crippen molar-refractivity contribution in [2.24, 2.45) is 23.2 Å². The summed E-state index contributed by atoms with van der Waals surface area (Å²) in [6, 6.07) is 9.36. The van der Waals surface area contributed by atoms with Crippen LogP contribution >= 0.6 is 0 Å². The van der Waals surface area contributed by atoms with Gasteiger partial charge >= 0.3 is 0 Å². The standard InChI is InChI=1S/C30H40O4/c1-20(18-34-19-29(33)23-8-5-4-6-9-23)26-13-14-27-22(10-7-15-30(26,27)3)11-12-24-16-25(31)17-28(32)21(24)2/h4-6,8-9,11-12,20,25-28,31-32H,2,7,10,13-19H2,1,3H3/t20-,25-,26-,27+,28+,30-/m1/s1.